The fourth-order valence-corrected chi connectivity index (χ4v) is 3.18. The molecule has 0 saturated carbocycles. The largest absolute Gasteiger partial charge is 0.496 e. The molecule has 5 nitrogen and oxygen atoms in total. The van der Waals surface area contributed by atoms with Gasteiger partial charge in [0.25, 0.3) is 0 Å². The van der Waals surface area contributed by atoms with Gasteiger partial charge in [0, 0.05) is 5.70 Å². The van der Waals surface area contributed by atoms with Crippen molar-refractivity contribution in [2.45, 2.75) is 32.9 Å². The Hall–Kier alpha value is -1.60. The van der Waals surface area contributed by atoms with Crippen LogP contribution < -0.4 is 15.4 Å². The molecule has 0 fully saturated rings. The zero-order chi connectivity index (χ0) is 17.1. The molecule has 1 heterocycles. The van der Waals surface area contributed by atoms with Gasteiger partial charge < -0.3 is 20.1 Å². The fraction of sp³-hybridized carbons (Fsp3) is 0.375. The third-order valence-corrected chi connectivity index (χ3v) is 4.18. The van der Waals surface area contributed by atoms with Gasteiger partial charge in [0.15, 0.2) is 5.11 Å². The normalized spacial score (nSPS) is 17.7. The van der Waals surface area contributed by atoms with Crippen LogP contribution in [0.15, 0.2) is 33.9 Å². The number of methoxy groups -OCH3 is 1. The predicted octanol–water partition coefficient (Wildman–Crippen LogP) is 3.20. The first-order chi connectivity index (χ1) is 10.8. The van der Waals surface area contributed by atoms with E-state index in [1.54, 1.807) is 7.11 Å². The first-order valence-electron chi connectivity index (χ1n) is 7.16. The number of carbonyl (C=O) groups is 1. The maximum atomic E-state index is 12.5. The Bertz CT molecular complexity index is 673. The molecule has 0 bridgehead atoms. The molecule has 0 aromatic heterocycles. The Kier molecular flexibility index (Phi) is 5.64. The number of rotatable bonds is 4. The molecule has 1 aromatic rings. The molecule has 2 rings (SSSR count). The van der Waals surface area contributed by atoms with Crippen LogP contribution in [0.5, 0.6) is 5.75 Å². The van der Waals surface area contributed by atoms with Crippen molar-refractivity contribution in [2.75, 3.05) is 7.11 Å². The molecule has 7 heteroatoms. The lowest BCUT2D eigenvalue weighted by Gasteiger charge is -2.30. The standard InChI is InChI=1S/C16H19BrN2O3S/c1-8(2)22-15(20)13-9(3)18-16(23)19-14(13)10-5-6-12(21-4)11(17)7-10/h5-8,14H,1-4H3,(H2,18,19,23)/t14-/m1/s1. The van der Waals surface area contributed by atoms with Gasteiger partial charge in [-0.05, 0) is 66.6 Å². The first-order valence-corrected chi connectivity index (χ1v) is 8.36. The summed E-state index contributed by atoms with van der Waals surface area (Å²) in [4.78, 5) is 12.5. The van der Waals surface area contributed by atoms with E-state index in [2.05, 4.69) is 26.6 Å². The first kappa shape index (κ1) is 17.7. The highest BCUT2D eigenvalue weighted by Crippen LogP contribution is 2.33. The Morgan fingerprint density at radius 2 is 2.09 bits per heavy atom. The summed E-state index contributed by atoms with van der Waals surface area (Å²) in [6.45, 7) is 5.46. The number of ether oxygens (including phenoxy) is 2. The number of benzene rings is 1. The zero-order valence-electron chi connectivity index (χ0n) is 13.4. The number of halogens is 1. The number of carbonyl (C=O) groups excluding carboxylic acids is 1. The van der Waals surface area contributed by atoms with Gasteiger partial charge in [-0.2, -0.15) is 0 Å². The van der Waals surface area contributed by atoms with E-state index in [1.165, 1.54) is 0 Å². The number of nitrogens with one attached hydrogen (secondary N) is 2. The molecular formula is C16H19BrN2O3S. The maximum Gasteiger partial charge on any atom is 0.338 e. The Morgan fingerprint density at radius 1 is 1.39 bits per heavy atom. The predicted molar refractivity (Wildman–Crippen MR) is 96.2 cm³/mol. The Balaban J connectivity index is 2.44. The van der Waals surface area contributed by atoms with Crippen LogP contribution in [0.1, 0.15) is 32.4 Å². The minimum Gasteiger partial charge on any atom is -0.496 e. The van der Waals surface area contributed by atoms with E-state index in [-0.39, 0.29) is 18.1 Å². The lowest BCUT2D eigenvalue weighted by molar-refractivity contribution is -0.143. The van der Waals surface area contributed by atoms with Crippen LogP contribution in [-0.2, 0) is 9.53 Å². The maximum absolute atomic E-state index is 12.5. The van der Waals surface area contributed by atoms with Crippen LogP contribution in [0, 0.1) is 0 Å². The summed E-state index contributed by atoms with van der Waals surface area (Å²) < 4.78 is 11.4. The Labute approximate surface area is 149 Å². The number of thiocarbonyl (C=S) groups is 1. The average Bonchev–Trinajstić information content (AvgIpc) is 2.45. The molecule has 124 valence electrons. The van der Waals surface area contributed by atoms with Crippen molar-refractivity contribution in [3.63, 3.8) is 0 Å². The second kappa shape index (κ2) is 7.31. The fourth-order valence-electron chi connectivity index (χ4n) is 2.35. The SMILES string of the molecule is COc1ccc([C@H]2NC(=S)NC(C)=C2C(=O)OC(C)C)cc1Br. The minimum absolute atomic E-state index is 0.195. The van der Waals surface area contributed by atoms with Crippen molar-refractivity contribution in [1.82, 2.24) is 10.6 Å². The van der Waals surface area contributed by atoms with Crippen molar-refractivity contribution >= 4 is 39.2 Å². The van der Waals surface area contributed by atoms with Gasteiger partial charge in [-0.25, -0.2) is 4.79 Å². The second-order valence-corrected chi connectivity index (χ2v) is 6.68. The van der Waals surface area contributed by atoms with Crippen molar-refractivity contribution in [3.05, 3.63) is 39.5 Å². The van der Waals surface area contributed by atoms with E-state index in [4.69, 9.17) is 21.7 Å². The van der Waals surface area contributed by atoms with E-state index in [9.17, 15) is 4.79 Å². The molecule has 0 unspecified atom stereocenters. The van der Waals surface area contributed by atoms with Crippen molar-refractivity contribution in [3.8, 4) is 5.75 Å². The molecule has 0 saturated heterocycles. The van der Waals surface area contributed by atoms with Crippen molar-refractivity contribution in [2.24, 2.45) is 0 Å². The van der Waals surface area contributed by atoms with Crippen molar-refractivity contribution < 1.29 is 14.3 Å². The number of hydrogen-bond acceptors (Lipinski definition) is 4. The van der Waals surface area contributed by atoms with E-state index in [0.717, 1.165) is 15.8 Å². The lowest BCUT2D eigenvalue weighted by Crippen LogP contribution is -2.45. The number of allylic oxidation sites excluding steroid dienone is 1. The number of esters is 1. The van der Waals surface area contributed by atoms with Gasteiger partial charge in [0.05, 0.1) is 29.3 Å². The highest BCUT2D eigenvalue weighted by Gasteiger charge is 2.31. The summed E-state index contributed by atoms with van der Waals surface area (Å²) in [5.74, 6) is 0.356. The van der Waals surface area contributed by atoms with Crippen LogP contribution >= 0.6 is 28.1 Å². The van der Waals surface area contributed by atoms with E-state index >= 15 is 0 Å². The van der Waals surface area contributed by atoms with Crippen LogP contribution in [-0.4, -0.2) is 24.3 Å². The Morgan fingerprint density at radius 3 is 2.65 bits per heavy atom. The highest BCUT2D eigenvalue weighted by molar-refractivity contribution is 9.10. The third-order valence-electron chi connectivity index (χ3n) is 3.34. The summed E-state index contributed by atoms with van der Waals surface area (Å²) in [6, 6.07) is 5.26. The van der Waals surface area contributed by atoms with Gasteiger partial charge in [-0.3, -0.25) is 0 Å². The van der Waals surface area contributed by atoms with Crippen LogP contribution in [0.2, 0.25) is 0 Å². The smallest absolute Gasteiger partial charge is 0.338 e. The third kappa shape index (κ3) is 4.03. The highest BCUT2D eigenvalue weighted by atomic mass is 79.9. The molecule has 0 amide bonds. The minimum atomic E-state index is -0.378. The molecule has 1 aliphatic rings. The summed E-state index contributed by atoms with van der Waals surface area (Å²) >= 11 is 8.69. The van der Waals surface area contributed by atoms with Gasteiger partial charge in [0.1, 0.15) is 5.75 Å². The molecule has 23 heavy (non-hydrogen) atoms. The average molecular weight is 399 g/mol. The number of hydrogen-bond donors (Lipinski definition) is 2. The van der Waals surface area contributed by atoms with Gasteiger partial charge in [0.2, 0.25) is 0 Å². The molecule has 1 aliphatic heterocycles. The summed E-state index contributed by atoms with van der Waals surface area (Å²) in [7, 11) is 1.60. The van der Waals surface area contributed by atoms with E-state index < -0.39 is 0 Å². The van der Waals surface area contributed by atoms with E-state index in [0.29, 0.717) is 16.4 Å². The molecule has 1 atom stereocenters. The molecule has 1 aromatic carbocycles. The molecule has 2 N–H and O–H groups in total. The van der Waals surface area contributed by atoms with E-state index in [1.807, 2.05) is 39.0 Å². The van der Waals surface area contributed by atoms with Gasteiger partial charge in [-0.1, -0.05) is 6.07 Å². The molecule has 0 spiro atoms. The molecule has 0 radical (unpaired) electrons. The summed E-state index contributed by atoms with van der Waals surface area (Å²) in [6.07, 6.45) is -0.195. The molecule has 0 aliphatic carbocycles. The van der Waals surface area contributed by atoms with Crippen LogP contribution in [0.4, 0.5) is 0 Å². The van der Waals surface area contributed by atoms with Crippen LogP contribution in [0.25, 0.3) is 0 Å². The lowest BCUT2D eigenvalue weighted by atomic mass is 9.95. The second-order valence-electron chi connectivity index (χ2n) is 5.42. The quantitative estimate of drug-likeness (QED) is 0.599. The molecular weight excluding hydrogens is 380 g/mol. The summed E-state index contributed by atoms with van der Waals surface area (Å²) in [5.41, 5.74) is 2.09. The zero-order valence-corrected chi connectivity index (χ0v) is 15.8. The van der Waals surface area contributed by atoms with Crippen LogP contribution in [0.3, 0.4) is 0 Å². The topological polar surface area (TPSA) is 59.6 Å². The van der Waals surface area contributed by atoms with Gasteiger partial charge >= 0.3 is 5.97 Å². The van der Waals surface area contributed by atoms with Crippen molar-refractivity contribution in [1.29, 1.82) is 0 Å². The van der Waals surface area contributed by atoms with Gasteiger partial charge in [-0.15, -0.1) is 0 Å². The monoisotopic (exact) mass is 398 g/mol. The summed E-state index contributed by atoms with van der Waals surface area (Å²) in [5, 5.41) is 6.59.